The van der Waals surface area contributed by atoms with Crippen LogP contribution < -0.4 is 0 Å². The van der Waals surface area contributed by atoms with Crippen LogP contribution in [-0.2, 0) is 0 Å². The first-order chi connectivity index (χ1) is 14.4. The van der Waals surface area contributed by atoms with Crippen molar-refractivity contribution in [2.45, 2.75) is 25.4 Å². The molecule has 6 nitrogen and oxygen atoms in total. The molecule has 0 radical (unpaired) electrons. The van der Waals surface area contributed by atoms with Gasteiger partial charge in [0.15, 0.2) is 0 Å². The van der Waals surface area contributed by atoms with Gasteiger partial charge in [-0.3, -0.25) is 14.9 Å². The number of aromatic nitrogens is 3. The highest BCUT2D eigenvalue weighted by Crippen LogP contribution is 2.34. The van der Waals surface area contributed by atoms with Crippen molar-refractivity contribution < 1.29 is 18.0 Å². The average molecular weight is 413 g/mol. The van der Waals surface area contributed by atoms with Crippen LogP contribution in [0.15, 0.2) is 35.5 Å². The van der Waals surface area contributed by atoms with E-state index in [1.54, 1.807) is 23.2 Å². The molecule has 0 atom stereocenters. The van der Waals surface area contributed by atoms with E-state index >= 15 is 0 Å². The number of aromatic amines is 1. The Morgan fingerprint density at radius 2 is 1.93 bits per heavy atom. The zero-order valence-electron chi connectivity index (χ0n) is 16.0. The first-order valence-corrected chi connectivity index (χ1v) is 9.82. The Morgan fingerprint density at radius 3 is 2.70 bits per heavy atom. The molecule has 1 saturated heterocycles. The molecule has 154 valence electrons. The second-order valence-electron chi connectivity index (χ2n) is 7.50. The third-order valence-corrected chi connectivity index (χ3v) is 5.61. The van der Waals surface area contributed by atoms with Crippen LogP contribution in [0.2, 0.25) is 0 Å². The monoisotopic (exact) mass is 413 g/mol. The van der Waals surface area contributed by atoms with Gasteiger partial charge in [0.25, 0.3) is 5.91 Å². The number of carbonyl (C=O) groups is 1. The lowest BCUT2D eigenvalue weighted by Gasteiger charge is -2.27. The molecule has 1 aromatic carbocycles. The van der Waals surface area contributed by atoms with Gasteiger partial charge in [-0.25, -0.2) is 4.98 Å². The van der Waals surface area contributed by atoms with Crippen molar-refractivity contribution in [3.05, 3.63) is 41.7 Å². The number of nitrogens with zero attached hydrogens (tertiary/aromatic N) is 4. The van der Waals surface area contributed by atoms with Crippen LogP contribution in [-0.4, -0.2) is 57.5 Å². The topological polar surface area (TPSA) is 74.2 Å². The number of H-pyrrole nitrogens is 1. The number of likely N-dealkylation sites (tertiary alicyclic amines) is 1. The van der Waals surface area contributed by atoms with Gasteiger partial charge in [0, 0.05) is 29.4 Å². The quantitative estimate of drug-likeness (QED) is 0.686. The molecule has 2 aliphatic heterocycles. The number of halogens is 3. The van der Waals surface area contributed by atoms with Crippen molar-refractivity contribution in [3.63, 3.8) is 0 Å². The van der Waals surface area contributed by atoms with Gasteiger partial charge in [-0.05, 0) is 37.5 Å². The molecule has 3 aromatic rings. The van der Waals surface area contributed by atoms with Crippen LogP contribution in [0, 0.1) is 0 Å². The molecule has 1 N–H and O–H groups in total. The maximum atomic E-state index is 13.4. The number of hydrogen-bond donors (Lipinski definition) is 1. The normalized spacial score (nSPS) is 17.5. The SMILES string of the molecule is O=C(c1cc(C2=CCN=C2C(F)(F)F)nc2ccc3[nH]ncc3c12)N1CCCCC1. The zero-order chi connectivity index (χ0) is 20.9. The van der Waals surface area contributed by atoms with Gasteiger partial charge in [-0.15, -0.1) is 0 Å². The second kappa shape index (κ2) is 6.93. The standard InChI is InChI=1S/C21H18F3N5O/c22-21(23,24)19-12(6-7-25-19)17-10-13(20(30)29-8-2-1-3-9-29)18-14-11-26-28-15(14)4-5-16(18)27-17/h4-6,10-11H,1-3,7-9H2,(H,26,28). The number of pyridine rings is 1. The number of hydrogen-bond acceptors (Lipinski definition) is 4. The van der Waals surface area contributed by atoms with Gasteiger partial charge in [0.1, 0.15) is 5.71 Å². The van der Waals surface area contributed by atoms with Crippen LogP contribution in [0.1, 0.15) is 35.3 Å². The minimum Gasteiger partial charge on any atom is -0.339 e. The molecule has 30 heavy (non-hydrogen) atoms. The molecule has 0 unspecified atom stereocenters. The number of nitrogens with one attached hydrogen (secondary N) is 1. The summed E-state index contributed by atoms with van der Waals surface area (Å²) in [6, 6.07) is 4.94. The van der Waals surface area contributed by atoms with Crippen molar-refractivity contribution in [2.75, 3.05) is 19.6 Å². The molecule has 0 spiro atoms. The van der Waals surface area contributed by atoms with E-state index in [1.807, 2.05) is 0 Å². The molecule has 2 aliphatic rings. The molecule has 2 aromatic heterocycles. The molecule has 5 rings (SSSR count). The number of allylic oxidation sites excluding steroid dienone is 1. The van der Waals surface area contributed by atoms with E-state index in [1.165, 1.54) is 12.1 Å². The summed E-state index contributed by atoms with van der Waals surface area (Å²) in [6.07, 6.45) is 1.34. The van der Waals surface area contributed by atoms with Crippen molar-refractivity contribution in [2.24, 2.45) is 4.99 Å². The fraction of sp³-hybridized carbons (Fsp3) is 0.333. The number of amides is 1. The second-order valence-corrected chi connectivity index (χ2v) is 7.50. The zero-order valence-corrected chi connectivity index (χ0v) is 16.0. The van der Waals surface area contributed by atoms with Crippen molar-refractivity contribution in [1.82, 2.24) is 20.1 Å². The molecular weight excluding hydrogens is 395 g/mol. The molecule has 1 fully saturated rings. The van der Waals surface area contributed by atoms with E-state index in [0.717, 1.165) is 30.2 Å². The Kier molecular flexibility index (Phi) is 4.34. The smallest absolute Gasteiger partial charge is 0.339 e. The summed E-state index contributed by atoms with van der Waals surface area (Å²) in [5.74, 6) is -0.193. The molecule has 0 bridgehead atoms. The third-order valence-electron chi connectivity index (χ3n) is 5.61. The fourth-order valence-electron chi connectivity index (χ4n) is 4.21. The van der Waals surface area contributed by atoms with E-state index in [2.05, 4.69) is 20.2 Å². The van der Waals surface area contributed by atoms with Gasteiger partial charge in [0.2, 0.25) is 0 Å². The lowest BCUT2D eigenvalue weighted by Crippen LogP contribution is -2.35. The molecule has 9 heteroatoms. The van der Waals surface area contributed by atoms with Crippen LogP contribution in [0.25, 0.3) is 27.4 Å². The van der Waals surface area contributed by atoms with E-state index in [4.69, 9.17) is 0 Å². The third kappa shape index (κ3) is 3.05. The van der Waals surface area contributed by atoms with Crippen LogP contribution in [0.3, 0.4) is 0 Å². The van der Waals surface area contributed by atoms with E-state index in [9.17, 15) is 18.0 Å². The average Bonchev–Trinajstić information content (AvgIpc) is 3.42. The number of alkyl halides is 3. The van der Waals surface area contributed by atoms with Gasteiger partial charge >= 0.3 is 6.18 Å². The Balaban J connectivity index is 1.72. The predicted octanol–water partition coefficient (Wildman–Crippen LogP) is 4.14. The number of piperidine rings is 1. The summed E-state index contributed by atoms with van der Waals surface area (Å²) in [7, 11) is 0. The van der Waals surface area contributed by atoms with Gasteiger partial charge < -0.3 is 4.90 Å². The Bertz CT molecular complexity index is 1220. The fourth-order valence-corrected chi connectivity index (χ4v) is 4.21. The Hall–Kier alpha value is -3.23. The van der Waals surface area contributed by atoms with Crippen molar-refractivity contribution in [3.8, 4) is 0 Å². The lowest BCUT2D eigenvalue weighted by atomic mass is 9.98. The summed E-state index contributed by atoms with van der Waals surface area (Å²) in [5, 5.41) is 8.24. The van der Waals surface area contributed by atoms with E-state index in [-0.39, 0.29) is 23.7 Å². The number of benzene rings is 1. The summed E-state index contributed by atoms with van der Waals surface area (Å²) in [5.41, 5.74) is 0.621. The largest absolute Gasteiger partial charge is 0.433 e. The Labute approximate surface area is 169 Å². The van der Waals surface area contributed by atoms with Gasteiger partial charge in [0.05, 0.1) is 35.0 Å². The lowest BCUT2D eigenvalue weighted by molar-refractivity contribution is -0.0571. The van der Waals surface area contributed by atoms with Crippen LogP contribution in [0.4, 0.5) is 13.2 Å². The number of aliphatic imine (C=N–C) groups is 1. The van der Waals surface area contributed by atoms with Gasteiger partial charge in [-0.1, -0.05) is 6.08 Å². The summed E-state index contributed by atoms with van der Waals surface area (Å²) in [4.78, 5) is 23.3. The van der Waals surface area contributed by atoms with E-state index < -0.39 is 11.9 Å². The van der Waals surface area contributed by atoms with E-state index in [0.29, 0.717) is 29.6 Å². The number of fused-ring (bicyclic) bond motifs is 3. The summed E-state index contributed by atoms with van der Waals surface area (Å²) in [6.45, 7) is 1.22. The highest BCUT2D eigenvalue weighted by Gasteiger charge is 2.40. The Morgan fingerprint density at radius 1 is 1.13 bits per heavy atom. The van der Waals surface area contributed by atoms with Crippen LogP contribution >= 0.6 is 0 Å². The predicted molar refractivity (Wildman–Crippen MR) is 107 cm³/mol. The number of rotatable bonds is 2. The first kappa shape index (κ1) is 18.8. The maximum absolute atomic E-state index is 13.4. The molecular formula is C21H18F3N5O. The molecule has 1 amide bonds. The minimum atomic E-state index is -4.58. The highest BCUT2D eigenvalue weighted by atomic mass is 19.4. The molecule has 0 aliphatic carbocycles. The molecule has 4 heterocycles. The number of carbonyl (C=O) groups excluding carboxylic acids is 1. The summed E-state index contributed by atoms with van der Waals surface area (Å²) >= 11 is 0. The first-order valence-electron chi connectivity index (χ1n) is 9.82. The highest BCUT2D eigenvalue weighted by molar-refractivity contribution is 6.28. The summed E-state index contributed by atoms with van der Waals surface area (Å²) < 4.78 is 40.3. The van der Waals surface area contributed by atoms with Gasteiger partial charge in [-0.2, -0.15) is 18.3 Å². The maximum Gasteiger partial charge on any atom is 0.433 e. The van der Waals surface area contributed by atoms with Crippen LogP contribution in [0.5, 0.6) is 0 Å². The molecule has 0 saturated carbocycles. The minimum absolute atomic E-state index is 0.0555. The van der Waals surface area contributed by atoms with Crippen molar-refractivity contribution >= 4 is 39.0 Å². The van der Waals surface area contributed by atoms with Crippen molar-refractivity contribution in [1.29, 1.82) is 0 Å².